The molecule has 1 heterocycles. The molecule has 2 aromatic carbocycles. The number of benzene rings is 2. The zero-order valence-electron chi connectivity index (χ0n) is 12.5. The molecule has 0 spiro atoms. The van der Waals surface area contributed by atoms with Crippen LogP contribution in [0.15, 0.2) is 48.7 Å². The van der Waals surface area contributed by atoms with Crippen LogP contribution < -0.4 is 10.1 Å². The summed E-state index contributed by atoms with van der Waals surface area (Å²) >= 11 is 0. The third-order valence-corrected chi connectivity index (χ3v) is 3.55. The quantitative estimate of drug-likeness (QED) is 0.803. The van der Waals surface area contributed by atoms with Crippen LogP contribution in [0, 0.1) is 0 Å². The lowest BCUT2D eigenvalue weighted by Crippen LogP contribution is -2.13. The van der Waals surface area contributed by atoms with Crippen LogP contribution in [0.1, 0.15) is 17.4 Å². The van der Waals surface area contributed by atoms with Gasteiger partial charge < -0.3 is 10.1 Å². The van der Waals surface area contributed by atoms with E-state index < -0.39 is 0 Å². The summed E-state index contributed by atoms with van der Waals surface area (Å²) in [5.41, 5.74) is 1.15. The van der Waals surface area contributed by atoms with Gasteiger partial charge in [-0.1, -0.05) is 24.3 Å². The van der Waals surface area contributed by atoms with E-state index in [1.807, 2.05) is 43.3 Å². The second-order valence-corrected chi connectivity index (χ2v) is 4.87. The van der Waals surface area contributed by atoms with E-state index >= 15 is 0 Å². The fourth-order valence-corrected chi connectivity index (χ4v) is 2.40. The molecule has 0 aliphatic carbocycles. The van der Waals surface area contributed by atoms with Crippen molar-refractivity contribution in [2.75, 3.05) is 12.4 Å². The molecule has 0 aliphatic rings. The first kappa shape index (κ1) is 14.1. The number of nitrogens with one attached hydrogen (secondary N) is 1. The number of carbonyl (C=O) groups excluding carboxylic acids is 1. The molecule has 5 nitrogen and oxygen atoms in total. The summed E-state index contributed by atoms with van der Waals surface area (Å²) in [5, 5.41) is 9.03. The summed E-state index contributed by atoms with van der Waals surface area (Å²) in [7, 11) is 1.64. The number of hydrogen-bond donors (Lipinski definition) is 1. The molecule has 0 bridgehead atoms. The van der Waals surface area contributed by atoms with Crippen LogP contribution in [-0.2, 0) is 6.54 Å². The third kappa shape index (κ3) is 2.53. The maximum atomic E-state index is 12.3. The number of fused-ring (bicyclic) bond motifs is 1. The van der Waals surface area contributed by atoms with Gasteiger partial charge in [0.25, 0.3) is 5.91 Å². The standard InChI is InChI=1S/C17H17N3O2/c1-3-20-11-10-15(19-20)17(21)18-14-8-9-16(22-2)13-7-5-4-6-12(13)14/h4-11H,3H2,1-2H3,(H,18,21). The number of ether oxygens (including phenoxy) is 1. The van der Waals surface area contributed by atoms with Gasteiger partial charge in [0.15, 0.2) is 5.69 Å². The van der Waals surface area contributed by atoms with Crippen LogP contribution in [0.3, 0.4) is 0 Å². The lowest BCUT2D eigenvalue weighted by Gasteiger charge is -2.11. The summed E-state index contributed by atoms with van der Waals surface area (Å²) in [6.45, 7) is 2.71. The minimum Gasteiger partial charge on any atom is -0.496 e. The van der Waals surface area contributed by atoms with Gasteiger partial charge in [-0.25, -0.2) is 0 Å². The van der Waals surface area contributed by atoms with Gasteiger partial charge in [-0.2, -0.15) is 5.10 Å². The Morgan fingerprint density at radius 1 is 1.18 bits per heavy atom. The zero-order chi connectivity index (χ0) is 15.5. The van der Waals surface area contributed by atoms with Gasteiger partial charge in [0, 0.05) is 29.2 Å². The average Bonchev–Trinajstić information content (AvgIpc) is 3.04. The van der Waals surface area contributed by atoms with E-state index in [4.69, 9.17) is 4.74 Å². The molecule has 0 atom stereocenters. The predicted molar refractivity (Wildman–Crippen MR) is 86.4 cm³/mol. The molecule has 0 unspecified atom stereocenters. The van der Waals surface area contributed by atoms with E-state index in [0.717, 1.165) is 28.8 Å². The fourth-order valence-electron chi connectivity index (χ4n) is 2.40. The summed E-state index contributed by atoms with van der Waals surface area (Å²) in [4.78, 5) is 12.3. The maximum Gasteiger partial charge on any atom is 0.276 e. The highest BCUT2D eigenvalue weighted by Gasteiger charge is 2.12. The molecule has 22 heavy (non-hydrogen) atoms. The molecule has 3 aromatic rings. The lowest BCUT2D eigenvalue weighted by atomic mass is 10.1. The van der Waals surface area contributed by atoms with Crippen LogP contribution in [0.25, 0.3) is 10.8 Å². The molecule has 112 valence electrons. The number of anilines is 1. The van der Waals surface area contributed by atoms with Crippen molar-refractivity contribution in [2.24, 2.45) is 0 Å². The van der Waals surface area contributed by atoms with Crippen molar-refractivity contribution in [3.8, 4) is 5.75 Å². The summed E-state index contributed by atoms with van der Waals surface area (Å²) < 4.78 is 7.08. The highest BCUT2D eigenvalue weighted by Crippen LogP contribution is 2.31. The Labute approximate surface area is 128 Å². The van der Waals surface area contributed by atoms with Crippen LogP contribution in [-0.4, -0.2) is 22.8 Å². The third-order valence-electron chi connectivity index (χ3n) is 3.55. The molecule has 1 amide bonds. The Balaban J connectivity index is 1.95. The van der Waals surface area contributed by atoms with Crippen molar-refractivity contribution in [1.82, 2.24) is 9.78 Å². The van der Waals surface area contributed by atoms with E-state index in [2.05, 4.69) is 10.4 Å². The molecule has 0 saturated heterocycles. The molecule has 0 saturated carbocycles. The second-order valence-electron chi connectivity index (χ2n) is 4.87. The van der Waals surface area contributed by atoms with Crippen molar-refractivity contribution < 1.29 is 9.53 Å². The number of amides is 1. The van der Waals surface area contributed by atoms with Crippen molar-refractivity contribution in [3.05, 3.63) is 54.4 Å². The largest absolute Gasteiger partial charge is 0.496 e. The number of aryl methyl sites for hydroxylation is 1. The van der Waals surface area contributed by atoms with Gasteiger partial charge in [-0.3, -0.25) is 9.48 Å². The van der Waals surface area contributed by atoms with E-state index in [0.29, 0.717) is 5.69 Å². The number of hydrogen-bond acceptors (Lipinski definition) is 3. The van der Waals surface area contributed by atoms with Crippen molar-refractivity contribution >= 4 is 22.4 Å². The number of aromatic nitrogens is 2. The van der Waals surface area contributed by atoms with Crippen LogP contribution in [0.5, 0.6) is 5.75 Å². The Morgan fingerprint density at radius 2 is 1.95 bits per heavy atom. The number of nitrogens with zero attached hydrogens (tertiary/aromatic N) is 2. The summed E-state index contributed by atoms with van der Waals surface area (Å²) in [6.07, 6.45) is 1.79. The molecule has 0 aliphatic heterocycles. The number of rotatable bonds is 4. The molecule has 0 radical (unpaired) electrons. The molecule has 0 fully saturated rings. The van der Waals surface area contributed by atoms with E-state index in [9.17, 15) is 4.79 Å². The smallest absolute Gasteiger partial charge is 0.276 e. The minimum absolute atomic E-state index is 0.220. The molecular formula is C17H17N3O2. The van der Waals surface area contributed by atoms with Crippen molar-refractivity contribution in [2.45, 2.75) is 13.5 Å². The molecule has 3 rings (SSSR count). The topological polar surface area (TPSA) is 56.2 Å². The van der Waals surface area contributed by atoms with Gasteiger partial charge >= 0.3 is 0 Å². The Kier molecular flexibility index (Phi) is 3.78. The van der Waals surface area contributed by atoms with Gasteiger partial charge in [0.05, 0.1) is 7.11 Å². The lowest BCUT2D eigenvalue weighted by molar-refractivity contribution is 0.102. The monoisotopic (exact) mass is 295 g/mol. The van der Waals surface area contributed by atoms with Gasteiger partial charge in [0.1, 0.15) is 5.75 Å². The second kappa shape index (κ2) is 5.89. The summed E-state index contributed by atoms with van der Waals surface area (Å²) in [5.74, 6) is 0.561. The van der Waals surface area contributed by atoms with Crippen LogP contribution in [0.2, 0.25) is 0 Å². The number of carbonyl (C=O) groups is 1. The normalized spacial score (nSPS) is 10.6. The van der Waals surface area contributed by atoms with E-state index in [-0.39, 0.29) is 5.91 Å². The summed E-state index contributed by atoms with van der Waals surface area (Å²) in [6, 6.07) is 13.2. The Morgan fingerprint density at radius 3 is 2.64 bits per heavy atom. The average molecular weight is 295 g/mol. The van der Waals surface area contributed by atoms with E-state index in [1.54, 1.807) is 24.1 Å². The van der Waals surface area contributed by atoms with Crippen molar-refractivity contribution in [3.63, 3.8) is 0 Å². The van der Waals surface area contributed by atoms with Crippen LogP contribution in [0.4, 0.5) is 5.69 Å². The first-order chi connectivity index (χ1) is 10.7. The van der Waals surface area contributed by atoms with Gasteiger partial charge in [-0.05, 0) is 25.1 Å². The molecule has 1 N–H and O–H groups in total. The SMILES string of the molecule is CCn1ccc(C(=O)Nc2ccc(OC)c3ccccc23)n1. The van der Waals surface area contributed by atoms with Crippen LogP contribution >= 0.6 is 0 Å². The Bertz CT molecular complexity index is 824. The van der Waals surface area contributed by atoms with E-state index in [1.165, 1.54) is 0 Å². The van der Waals surface area contributed by atoms with Gasteiger partial charge in [0.2, 0.25) is 0 Å². The predicted octanol–water partition coefficient (Wildman–Crippen LogP) is 3.32. The minimum atomic E-state index is -0.220. The molecule has 1 aromatic heterocycles. The maximum absolute atomic E-state index is 12.3. The fraction of sp³-hybridized carbons (Fsp3) is 0.176. The molecular weight excluding hydrogens is 278 g/mol. The first-order valence-corrected chi connectivity index (χ1v) is 7.13. The first-order valence-electron chi connectivity index (χ1n) is 7.13. The number of methoxy groups -OCH3 is 1. The zero-order valence-corrected chi connectivity index (χ0v) is 12.5. The van der Waals surface area contributed by atoms with Gasteiger partial charge in [-0.15, -0.1) is 0 Å². The Hall–Kier alpha value is -2.82. The highest BCUT2D eigenvalue weighted by atomic mass is 16.5. The molecule has 5 heteroatoms. The highest BCUT2D eigenvalue weighted by molar-refractivity contribution is 6.09. The van der Waals surface area contributed by atoms with Crippen molar-refractivity contribution in [1.29, 1.82) is 0 Å².